The molecule has 10 atom stereocenters. The van der Waals surface area contributed by atoms with Gasteiger partial charge in [0.25, 0.3) is 0 Å². The minimum absolute atomic E-state index is 0.0714. The fraction of sp³-hybridized carbons (Fsp3) is 0.548. The Morgan fingerprint density at radius 2 is 1.53 bits per heavy atom. The quantitative estimate of drug-likeness (QED) is 0.0407. The Hall–Kier alpha value is -2.28. The Bertz CT molecular complexity index is 1040. The van der Waals surface area contributed by atoms with Gasteiger partial charge in [-0.15, -0.1) is 11.6 Å². The predicted molar refractivity (Wildman–Crippen MR) is 164 cm³/mol. The zero-order valence-corrected chi connectivity index (χ0v) is 25.8. The molecule has 0 aromatic carbocycles. The largest absolute Gasteiger partial charge is 0.481 e. The van der Waals surface area contributed by atoms with Crippen LogP contribution in [0.2, 0.25) is 0 Å². The number of ether oxygens (including phenoxy) is 1. The summed E-state index contributed by atoms with van der Waals surface area (Å²) in [6.45, 7) is 3.43. The Morgan fingerprint density at radius 1 is 0.930 bits per heavy atom. The van der Waals surface area contributed by atoms with Gasteiger partial charge in [0.05, 0.1) is 41.8 Å². The Labute approximate surface area is 262 Å². The van der Waals surface area contributed by atoms with Gasteiger partial charge in [-0.2, -0.15) is 0 Å². The molecule has 43 heavy (non-hydrogen) atoms. The first-order valence-electron chi connectivity index (χ1n) is 14.2. The van der Waals surface area contributed by atoms with Crippen molar-refractivity contribution in [3.63, 3.8) is 0 Å². The zero-order valence-electron chi connectivity index (χ0n) is 24.3. The fourth-order valence-corrected chi connectivity index (χ4v) is 4.61. The smallest absolute Gasteiger partial charge is 0.331 e. The average molecular weight is 648 g/mol. The average Bonchev–Trinajstić information content (AvgIpc) is 2.97. The zero-order chi connectivity index (χ0) is 32.5. The van der Waals surface area contributed by atoms with Crippen molar-refractivity contribution in [3.05, 3.63) is 71.9 Å². The van der Waals surface area contributed by atoms with Crippen LogP contribution in [0, 0.1) is 11.8 Å². The number of aliphatic carboxylic acids is 1. The second-order valence-corrected chi connectivity index (χ2v) is 11.3. The van der Waals surface area contributed by atoms with Gasteiger partial charge in [-0.1, -0.05) is 80.1 Å². The van der Waals surface area contributed by atoms with E-state index in [1.165, 1.54) is 24.3 Å². The van der Waals surface area contributed by atoms with Crippen LogP contribution in [-0.4, -0.2) is 95.8 Å². The first kappa shape index (κ1) is 38.7. The van der Waals surface area contributed by atoms with Gasteiger partial charge in [0.15, 0.2) is 0 Å². The highest BCUT2D eigenvalue weighted by Crippen LogP contribution is 2.27. The molecule has 7 N–H and O–H groups in total. The van der Waals surface area contributed by atoms with Crippen LogP contribution >= 0.6 is 23.2 Å². The van der Waals surface area contributed by atoms with Gasteiger partial charge in [0.2, 0.25) is 0 Å². The number of aliphatic hydroxyl groups excluding tert-OH is 6. The molecule has 0 aromatic rings. The van der Waals surface area contributed by atoms with Gasteiger partial charge >= 0.3 is 11.9 Å². The lowest BCUT2D eigenvalue weighted by Gasteiger charge is -2.30. The van der Waals surface area contributed by atoms with Crippen molar-refractivity contribution in [1.29, 1.82) is 0 Å². The van der Waals surface area contributed by atoms with Crippen LogP contribution in [0.1, 0.15) is 46.0 Å². The number of hydrogen-bond donors (Lipinski definition) is 7. The van der Waals surface area contributed by atoms with Gasteiger partial charge in [0.1, 0.15) is 12.2 Å². The second-order valence-electron chi connectivity index (χ2n) is 10.4. The normalized spacial score (nSPS) is 25.3. The third kappa shape index (κ3) is 14.4. The summed E-state index contributed by atoms with van der Waals surface area (Å²) in [7, 11) is 0. The molecule has 1 aliphatic carbocycles. The summed E-state index contributed by atoms with van der Waals surface area (Å²) in [5.74, 6) is -3.06. The van der Waals surface area contributed by atoms with Crippen LogP contribution in [0.25, 0.3) is 0 Å². The summed E-state index contributed by atoms with van der Waals surface area (Å²) in [6, 6.07) is 0. The molecule has 0 bridgehead atoms. The number of carbonyl (C=O) groups is 2. The molecule has 10 nitrogen and oxygen atoms in total. The van der Waals surface area contributed by atoms with Gasteiger partial charge in [-0.3, -0.25) is 4.79 Å². The van der Waals surface area contributed by atoms with E-state index >= 15 is 0 Å². The summed E-state index contributed by atoms with van der Waals surface area (Å²) in [4.78, 5) is 23.1. The summed E-state index contributed by atoms with van der Waals surface area (Å²) in [5.41, 5.74) is 0. The minimum Gasteiger partial charge on any atom is -0.481 e. The lowest BCUT2D eigenvalue weighted by Crippen LogP contribution is -2.44. The maximum atomic E-state index is 12.0. The van der Waals surface area contributed by atoms with E-state index in [0.29, 0.717) is 12.8 Å². The van der Waals surface area contributed by atoms with Crippen molar-refractivity contribution in [2.45, 2.75) is 94.1 Å². The fourth-order valence-electron chi connectivity index (χ4n) is 4.22. The summed E-state index contributed by atoms with van der Waals surface area (Å²) in [6.07, 6.45) is 9.16. The Balaban J connectivity index is 2.52. The Morgan fingerprint density at radius 3 is 2.14 bits per heavy atom. The number of aliphatic hydroxyl groups is 6. The third-order valence-electron chi connectivity index (χ3n) is 6.97. The van der Waals surface area contributed by atoms with E-state index in [2.05, 4.69) is 0 Å². The van der Waals surface area contributed by atoms with E-state index in [-0.39, 0.29) is 24.3 Å². The topological polar surface area (TPSA) is 185 Å². The summed E-state index contributed by atoms with van der Waals surface area (Å²) >= 11 is 12.3. The minimum atomic E-state index is -1.63. The molecular weight excluding hydrogens is 603 g/mol. The van der Waals surface area contributed by atoms with Crippen LogP contribution < -0.4 is 0 Å². The van der Waals surface area contributed by atoms with Crippen LogP contribution in [-0.2, 0) is 14.3 Å². The lowest BCUT2D eigenvalue weighted by atomic mass is 9.85. The van der Waals surface area contributed by atoms with Gasteiger partial charge in [-0.25, -0.2) is 4.79 Å². The molecule has 0 aliphatic heterocycles. The number of hydrogen-bond acceptors (Lipinski definition) is 9. The number of carboxylic acids is 1. The second kappa shape index (κ2) is 20.6. The van der Waals surface area contributed by atoms with Crippen LogP contribution in [0.4, 0.5) is 0 Å². The monoisotopic (exact) mass is 646 g/mol. The van der Waals surface area contributed by atoms with E-state index in [4.69, 9.17) is 33.0 Å². The third-order valence-corrected chi connectivity index (χ3v) is 7.98. The number of carbonyl (C=O) groups excluding carboxylic acids is 1. The number of carboxylic acid groups (broad SMARTS) is 1. The standard InChI is InChI=1S/C31H44Cl2O10/c1-3-4-13-23(35)28(33)24(36)18-25(37)30(40)29(39)19(2)21(32)12-10-8-6-5-7-9-11-14-27(38)43-26-17-20(31(41)42)15-16-22(26)34/h4-14,19-20,22-26,28-30,34-37,39-40H,3,15-18H2,1-2H3,(H,41,42)/b6-5+,9-7+,10-8+,13-4+,14-11+,21-12-. The van der Waals surface area contributed by atoms with Crippen LogP contribution in [0.5, 0.6) is 0 Å². The molecule has 1 fully saturated rings. The summed E-state index contributed by atoms with van der Waals surface area (Å²) in [5, 5.41) is 69.5. The molecule has 0 amide bonds. The number of rotatable bonds is 17. The molecule has 0 radical (unpaired) electrons. The maximum Gasteiger partial charge on any atom is 0.331 e. The van der Waals surface area contributed by atoms with Crippen molar-refractivity contribution >= 4 is 35.1 Å². The predicted octanol–water partition coefficient (Wildman–Crippen LogP) is 2.90. The highest BCUT2D eigenvalue weighted by molar-refractivity contribution is 6.30. The molecule has 0 heterocycles. The molecule has 10 unspecified atom stereocenters. The molecule has 0 saturated heterocycles. The highest BCUT2D eigenvalue weighted by Gasteiger charge is 2.35. The van der Waals surface area contributed by atoms with Crippen molar-refractivity contribution in [3.8, 4) is 0 Å². The molecule has 242 valence electrons. The van der Waals surface area contributed by atoms with Crippen molar-refractivity contribution < 1.29 is 50.1 Å². The SMILES string of the molecule is CC/C=C/C(O)C(Cl)C(O)CC(O)C(O)C(O)C(C)/C(Cl)=C/C=C/C=C/C=C/C=C/C(=O)OC1CC(C(=O)O)CCC1O. The number of halogens is 2. The first-order chi connectivity index (χ1) is 20.3. The molecule has 1 aliphatic rings. The lowest BCUT2D eigenvalue weighted by molar-refractivity contribution is -0.159. The van der Waals surface area contributed by atoms with Crippen molar-refractivity contribution in [2.75, 3.05) is 0 Å². The molecular formula is C31H44Cl2O10. The van der Waals surface area contributed by atoms with E-state index < -0.39 is 71.9 Å². The number of esters is 1. The molecule has 1 rings (SSSR count). The van der Waals surface area contributed by atoms with Gasteiger partial charge in [0, 0.05) is 29.9 Å². The summed E-state index contributed by atoms with van der Waals surface area (Å²) < 4.78 is 5.18. The van der Waals surface area contributed by atoms with E-state index in [1.807, 2.05) is 6.92 Å². The van der Waals surface area contributed by atoms with Crippen molar-refractivity contribution in [2.24, 2.45) is 11.8 Å². The first-order valence-corrected chi connectivity index (χ1v) is 15.0. The van der Waals surface area contributed by atoms with Gasteiger partial charge in [-0.05, 0) is 25.3 Å². The van der Waals surface area contributed by atoms with E-state index in [0.717, 1.165) is 0 Å². The molecule has 0 spiro atoms. The number of alkyl halides is 1. The molecule has 0 aromatic heterocycles. The van der Waals surface area contributed by atoms with Crippen LogP contribution in [0.15, 0.2) is 71.9 Å². The van der Waals surface area contributed by atoms with Crippen LogP contribution in [0.3, 0.4) is 0 Å². The highest BCUT2D eigenvalue weighted by atomic mass is 35.5. The van der Waals surface area contributed by atoms with Gasteiger partial charge < -0.3 is 40.5 Å². The molecule has 12 heteroatoms. The van der Waals surface area contributed by atoms with E-state index in [9.17, 15) is 40.2 Å². The molecule has 1 saturated carbocycles. The Kier molecular flexibility index (Phi) is 18.6. The van der Waals surface area contributed by atoms with E-state index in [1.54, 1.807) is 49.5 Å². The van der Waals surface area contributed by atoms with Crippen molar-refractivity contribution in [1.82, 2.24) is 0 Å². The number of allylic oxidation sites excluding steroid dienone is 9. The maximum absolute atomic E-state index is 12.0.